The molecule has 0 aliphatic carbocycles. The Bertz CT molecular complexity index is 991. The topological polar surface area (TPSA) is 131 Å². The van der Waals surface area contributed by atoms with Gasteiger partial charge in [0.25, 0.3) is 0 Å². The summed E-state index contributed by atoms with van der Waals surface area (Å²) in [5.74, 6) is -0.292. The number of benzene rings is 1. The number of sulfonamides is 1. The fourth-order valence-corrected chi connectivity index (χ4v) is 4.73. The van der Waals surface area contributed by atoms with Gasteiger partial charge in [0.2, 0.25) is 21.1 Å². The molecule has 29 heavy (non-hydrogen) atoms. The molecule has 0 bridgehead atoms. The number of anilines is 2. The molecular formula is C16H21N5O5S3. The van der Waals surface area contributed by atoms with E-state index in [2.05, 4.69) is 20.8 Å². The number of carbonyl (C=O) groups is 2. The molecule has 0 unspecified atom stereocenters. The van der Waals surface area contributed by atoms with Gasteiger partial charge in [-0.15, -0.1) is 10.2 Å². The van der Waals surface area contributed by atoms with Crippen LogP contribution in [0.3, 0.4) is 0 Å². The summed E-state index contributed by atoms with van der Waals surface area (Å²) in [6.07, 6.45) is -0.624. The number of aryl methyl sites for hydroxylation is 1. The van der Waals surface area contributed by atoms with Gasteiger partial charge in [-0.1, -0.05) is 29.2 Å². The molecule has 1 aromatic heterocycles. The molecule has 2 rings (SSSR count). The van der Waals surface area contributed by atoms with Gasteiger partial charge in [-0.3, -0.25) is 10.1 Å². The lowest BCUT2D eigenvalue weighted by molar-refractivity contribution is -0.113. The maximum absolute atomic E-state index is 12.4. The van der Waals surface area contributed by atoms with Crippen molar-refractivity contribution in [3.8, 4) is 0 Å². The van der Waals surface area contributed by atoms with Crippen molar-refractivity contribution in [3.63, 3.8) is 0 Å². The van der Waals surface area contributed by atoms with Crippen LogP contribution >= 0.6 is 23.1 Å². The molecule has 13 heteroatoms. The van der Waals surface area contributed by atoms with E-state index in [4.69, 9.17) is 4.74 Å². The van der Waals surface area contributed by atoms with Crippen LogP contribution in [-0.2, 0) is 19.6 Å². The Morgan fingerprint density at radius 2 is 1.97 bits per heavy atom. The summed E-state index contributed by atoms with van der Waals surface area (Å²) >= 11 is 2.25. The number of carbonyl (C=O) groups excluding carboxylic acids is 2. The normalized spacial score (nSPS) is 11.3. The predicted molar refractivity (Wildman–Crippen MR) is 112 cm³/mol. The van der Waals surface area contributed by atoms with E-state index in [0.29, 0.717) is 15.6 Å². The number of thioether (sulfide) groups is 1. The number of rotatable bonds is 8. The zero-order valence-electron chi connectivity index (χ0n) is 16.3. The number of nitrogens with zero attached hydrogens (tertiary/aromatic N) is 3. The average molecular weight is 460 g/mol. The Labute approximate surface area is 177 Å². The predicted octanol–water partition coefficient (Wildman–Crippen LogP) is 2.40. The van der Waals surface area contributed by atoms with E-state index in [9.17, 15) is 18.0 Å². The lowest BCUT2D eigenvalue weighted by Gasteiger charge is -2.15. The molecule has 2 aromatic rings. The first kappa shape index (κ1) is 23.1. The summed E-state index contributed by atoms with van der Waals surface area (Å²) in [6, 6.07) is 4.70. The Kier molecular flexibility index (Phi) is 7.96. The third kappa shape index (κ3) is 6.39. The van der Waals surface area contributed by atoms with E-state index in [1.165, 1.54) is 20.2 Å². The first-order valence-electron chi connectivity index (χ1n) is 8.36. The van der Waals surface area contributed by atoms with E-state index in [0.717, 1.165) is 27.4 Å². The summed E-state index contributed by atoms with van der Waals surface area (Å²) in [5, 5.41) is 13.1. The maximum Gasteiger partial charge on any atom is 0.413 e. The molecule has 0 atom stereocenters. The van der Waals surface area contributed by atoms with Crippen molar-refractivity contribution in [2.24, 2.45) is 0 Å². The van der Waals surface area contributed by atoms with Crippen molar-refractivity contribution < 1.29 is 22.7 Å². The zero-order chi connectivity index (χ0) is 21.6. The van der Waals surface area contributed by atoms with Gasteiger partial charge in [0.15, 0.2) is 4.34 Å². The quantitative estimate of drug-likeness (QED) is 0.454. The molecule has 2 amide bonds. The minimum absolute atomic E-state index is 0.0394. The Morgan fingerprint density at radius 3 is 2.62 bits per heavy atom. The lowest BCUT2D eigenvalue weighted by Crippen LogP contribution is -2.23. The molecule has 0 spiro atoms. The van der Waals surface area contributed by atoms with E-state index < -0.39 is 16.1 Å². The van der Waals surface area contributed by atoms with Crippen LogP contribution in [0.2, 0.25) is 0 Å². The van der Waals surface area contributed by atoms with Crippen LogP contribution in [0.15, 0.2) is 27.4 Å². The van der Waals surface area contributed by atoms with E-state index in [1.54, 1.807) is 26.0 Å². The second kappa shape index (κ2) is 10.0. The minimum atomic E-state index is -3.62. The van der Waals surface area contributed by atoms with Gasteiger partial charge in [-0.2, -0.15) is 0 Å². The molecule has 0 saturated carbocycles. The van der Waals surface area contributed by atoms with Crippen LogP contribution in [0.5, 0.6) is 0 Å². The van der Waals surface area contributed by atoms with Gasteiger partial charge in [-0.05, 0) is 31.5 Å². The van der Waals surface area contributed by atoms with Crippen molar-refractivity contribution in [2.45, 2.75) is 23.1 Å². The van der Waals surface area contributed by atoms with Crippen molar-refractivity contribution in [2.75, 3.05) is 37.1 Å². The summed E-state index contributed by atoms with van der Waals surface area (Å²) in [6.45, 7) is 3.62. The third-order valence-electron chi connectivity index (χ3n) is 3.45. The summed E-state index contributed by atoms with van der Waals surface area (Å²) in [4.78, 5) is 23.7. The molecule has 0 saturated heterocycles. The molecular weight excluding hydrogens is 438 g/mol. The highest BCUT2D eigenvalue weighted by Gasteiger charge is 2.20. The highest BCUT2D eigenvalue weighted by molar-refractivity contribution is 8.01. The minimum Gasteiger partial charge on any atom is -0.450 e. The van der Waals surface area contributed by atoms with E-state index in [-0.39, 0.29) is 28.3 Å². The van der Waals surface area contributed by atoms with Crippen LogP contribution in [0, 0.1) is 6.92 Å². The molecule has 2 N–H and O–H groups in total. The molecule has 1 aromatic carbocycles. The monoisotopic (exact) mass is 459 g/mol. The van der Waals surface area contributed by atoms with Crippen LogP contribution in [0.4, 0.5) is 15.6 Å². The SMILES string of the molecule is CCOC(=O)Nc1nnc(SCC(=O)Nc2ccc(C)c(S(=O)(=O)N(C)C)c2)s1. The molecule has 1 heterocycles. The standard InChI is InChI=1S/C16H21N5O5S3/c1-5-26-15(23)18-14-19-20-16(28-14)27-9-13(22)17-11-7-6-10(2)12(8-11)29(24,25)21(3)4/h6-8H,5,9H2,1-4H3,(H,17,22)(H,18,19,23). The number of aromatic nitrogens is 2. The molecule has 0 fully saturated rings. The van der Waals surface area contributed by atoms with E-state index in [1.807, 2.05) is 0 Å². The van der Waals surface area contributed by atoms with Crippen molar-refractivity contribution in [1.82, 2.24) is 14.5 Å². The molecule has 0 aliphatic rings. The molecule has 158 valence electrons. The molecule has 10 nitrogen and oxygen atoms in total. The Morgan fingerprint density at radius 1 is 1.24 bits per heavy atom. The summed E-state index contributed by atoms with van der Waals surface area (Å²) in [7, 11) is -0.721. The first-order chi connectivity index (χ1) is 13.6. The highest BCUT2D eigenvalue weighted by Crippen LogP contribution is 2.26. The number of hydrogen-bond donors (Lipinski definition) is 2. The Balaban J connectivity index is 1.97. The van der Waals surface area contributed by atoms with Crippen molar-refractivity contribution in [3.05, 3.63) is 23.8 Å². The van der Waals surface area contributed by atoms with Gasteiger partial charge < -0.3 is 10.1 Å². The van der Waals surface area contributed by atoms with Gasteiger partial charge in [0.05, 0.1) is 17.3 Å². The summed E-state index contributed by atoms with van der Waals surface area (Å²) in [5.41, 5.74) is 0.963. The number of hydrogen-bond acceptors (Lipinski definition) is 9. The third-order valence-corrected chi connectivity index (χ3v) is 7.38. The van der Waals surface area contributed by atoms with Crippen LogP contribution in [0.1, 0.15) is 12.5 Å². The van der Waals surface area contributed by atoms with Crippen LogP contribution in [-0.4, -0.2) is 61.4 Å². The van der Waals surface area contributed by atoms with E-state index >= 15 is 0 Å². The first-order valence-corrected chi connectivity index (χ1v) is 11.6. The number of ether oxygens (including phenoxy) is 1. The van der Waals surface area contributed by atoms with Crippen molar-refractivity contribution >= 4 is 55.9 Å². The second-order valence-electron chi connectivity index (χ2n) is 5.82. The fraction of sp³-hybridized carbons (Fsp3) is 0.375. The lowest BCUT2D eigenvalue weighted by atomic mass is 10.2. The van der Waals surface area contributed by atoms with Crippen LogP contribution < -0.4 is 10.6 Å². The van der Waals surface area contributed by atoms with Crippen molar-refractivity contribution in [1.29, 1.82) is 0 Å². The molecule has 0 aliphatic heterocycles. The highest BCUT2D eigenvalue weighted by atomic mass is 32.2. The second-order valence-corrected chi connectivity index (χ2v) is 10.1. The van der Waals surface area contributed by atoms with Gasteiger partial charge in [0, 0.05) is 19.8 Å². The fourth-order valence-electron chi connectivity index (χ4n) is 2.05. The smallest absolute Gasteiger partial charge is 0.413 e. The average Bonchev–Trinajstić information content (AvgIpc) is 3.08. The maximum atomic E-state index is 12.4. The summed E-state index contributed by atoms with van der Waals surface area (Å²) < 4.78 is 31.1. The van der Waals surface area contributed by atoms with Gasteiger partial charge in [0.1, 0.15) is 0 Å². The molecule has 0 radical (unpaired) electrons. The van der Waals surface area contributed by atoms with Gasteiger partial charge >= 0.3 is 6.09 Å². The zero-order valence-corrected chi connectivity index (χ0v) is 18.7. The van der Waals surface area contributed by atoms with Crippen LogP contribution in [0.25, 0.3) is 0 Å². The number of amides is 2. The number of nitrogens with one attached hydrogen (secondary N) is 2. The largest absolute Gasteiger partial charge is 0.450 e. The Hall–Kier alpha value is -2.22. The van der Waals surface area contributed by atoms with Gasteiger partial charge in [-0.25, -0.2) is 17.5 Å².